The Balaban J connectivity index is 1.56. The summed E-state index contributed by atoms with van der Waals surface area (Å²) < 4.78 is 0. The molecule has 0 spiro atoms. The molecule has 9 heteroatoms. The van der Waals surface area contributed by atoms with E-state index in [1.807, 2.05) is 18.2 Å². The minimum Gasteiger partial charge on any atom is -0.364 e. The Labute approximate surface area is 191 Å². The van der Waals surface area contributed by atoms with Crippen molar-refractivity contribution < 1.29 is 0 Å². The highest BCUT2D eigenvalue weighted by Gasteiger charge is 2.17. The zero-order valence-electron chi connectivity index (χ0n) is 18.2. The number of nitrogens with one attached hydrogen (secondary N) is 2. The maximum atomic E-state index is 5.98. The highest BCUT2D eigenvalue weighted by Crippen LogP contribution is 2.28. The van der Waals surface area contributed by atoms with E-state index in [9.17, 15) is 0 Å². The Bertz CT molecular complexity index is 1160. The van der Waals surface area contributed by atoms with E-state index in [1.54, 1.807) is 6.20 Å². The summed E-state index contributed by atoms with van der Waals surface area (Å²) in [6.45, 7) is 5.27. The van der Waals surface area contributed by atoms with Crippen molar-refractivity contribution in [3.8, 4) is 11.3 Å². The van der Waals surface area contributed by atoms with E-state index >= 15 is 0 Å². The molecule has 0 aliphatic heterocycles. The van der Waals surface area contributed by atoms with Gasteiger partial charge in [0.25, 0.3) is 0 Å². The van der Waals surface area contributed by atoms with E-state index in [4.69, 9.17) is 21.4 Å². The van der Waals surface area contributed by atoms with Gasteiger partial charge in [-0.3, -0.25) is 10.1 Å². The van der Waals surface area contributed by atoms with Crippen molar-refractivity contribution in [3.63, 3.8) is 0 Å². The minimum absolute atomic E-state index is 0.0951. The average Bonchev–Trinajstić information content (AvgIpc) is 3.26. The molecule has 4 aromatic rings. The van der Waals surface area contributed by atoms with Crippen LogP contribution >= 0.6 is 11.8 Å². The molecule has 0 saturated carbocycles. The number of aromatic nitrogens is 5. The fourth-order valence-corrected chi connectivity index (χ4v) is 4.06. The molecule has 0 aliphatic carbocycles. The van der Waals surface area contributed by atoms with Crippen LogP contribution in [0, 0.1) is 0 Å². The highest BCUT2D eigenvalue weighted by molar-refractivity contribution is 7.99. The zero-order valence-corrected chi connectivity index (χ0v) is 19.1. The SMILES string of the molecule is CC(C)c1[nH]nc2c(NCc3ccc(-c4ccccn4)cc3)nc(SCC(N)CN)nc12. The monoisotopic (exact) mass is 448 g/mol. The number of hydrogen-bond acceptors (Lipinski definition) is 8. The van der Waals surface area contributed by atoms with Crippen LogP contribution in [0.3, 0.4) is 0 Å². The molecule has 1 atom stereocenters. The molecule has 6 N–H and O–H groups in total. The maximum absolute atomic E-state index is 5.98. The number of hydrogen-bond donors (Lipinski definition) is 4. The van der Waals surface area contributed by atoms with Crippen LogP contribution in [0.25, 0.3) is 22.3 Å². The van der Waals surface area contributed by atoms with Gasteiger partial charge in [0.15, 0.2) is 16.5 Å². The summed E-state index contributed by atoms with van der Waals surface area (Å²) in [5.74, 6) is 1.63. The van der Waals surface area contributed by atoms with Crippen molar-refractivity contribution in [2.24, 2.45) is 11.5 Å². The number of benzene rings is 1. The van der Waals surface area contributed by atoms with Crippen molar-refractivity contribution in [2.75, 3.05) is 17.6 Å². The van der Waals surface area contributed by atoms with Crippen LogP contribution in [0.5, 0.6) is 0 Å². The lowest BCUT2D eigenvalue weighted by atomic mass is 10.1. The van der Waals surface area contributed by atoms with Gasteiger partial charge in [-0.1, -0.05) is 55.9 Å². The number of H-pyrrole nitrogens is 1. The second-order valence-corrected chi connectivity index (χ2v) is 8.90. The Morgan fingerprint density at radius 1 is 1.06 bits per heavy atom. The van der Waals surface area contributed by atoms with Gasteiger partial charge in [0.2, 0.25) is 0 Å². The summed E-state index contributed by atoms with van der Waals surface area (Å²) in [5.41, 5.74) is 17.4. The summed E-state index contributed by atoms with van der Waals surface area (Å²) in [6, 6.07) is 14.2. The number of rotatable bonds is 9. The lowest BCUT2D eigenvalue weighted by Gasteiger charge is -2.11. The van der Waals surface area contributed by atoms with Gasteiger partial charge in [0.1, 0.15) is 5.52 Å². The van der Waals surface area contributed by atoms with Crippen LogP contribution in [0.1, 0.15) is 31.0 Å². The highest BCUT2D eigenvalue weighted by atomic mass is 32.2. The summed E-state index contributed by atoms with van der Waals surface area (Å²) in [4.78, 5) is 13.9. The Kier molecular flexibility index (Phi) is 6.99. The third-order valence-corrected chi connectivity index (χ3v) is 6.12. The predicted molar refractivity (Wildman–Crippen MR) is 131 cm³/mol. The molecular weight excluding hydrogens is 420 g/mol. The molecular formula is C23H28N8S. The summed E-state index contributed by atoms with van der Waals surface area (Å²) in [6.07, 6.45) is 1.80. The topological polar surface area (TPSA) is 131 Å². The van der Waals surface area contributed by atoms with E-state index in [0.717, 1.165) is 33.5 Å². The van der Waals surface area contributed by atoms with Crippen molar-refractivity contribution in [1.29, 1.82) is 0 Å². The molecule has 0 bridgehead atoms. The van der Waals surface area contributed by atoms with E-state index in [0.29, 0.717) is 29.8 Å². The zero-order chi connectivity index (χ0) is 22.5. The first kappa shape index (κ1) is 22.2. The quantitative estimate of drug-likeness (QED) is 0.226. The van der Waals surface area contributed by atoms with Gasteiger partial charge in [0.05, 0.1) is 11.4 Å². The first-order chi connectivity index (χ1) is 15.5. The molecule has 3 heterocycles. The van der Waals surface area contributed by atoms with Crippen LogP contribution in [0.4, 0.5) is 5.82 Å². The molecule has 166 valence electrons. The smallest absolute Gasteiger partial charge is 0.190 e. The molecule has 32 heavy (non-hydrogen) atoms. The Morgan fingerprint density at radius 2 is 1.88 bits per heavy atom. The van der Waals surface area contributed by atoms with Crippen LogP contribution in [0.15, 0.2) is 53.8 Å². The largest absolute Gasteiger partial charge is 0.364 e. The number of thioether (sulfide) groups is 1. The number of nitrogens with zero attached hydrogens (tertiary/aromatic N) is 4. The second kappa shape index (κ2) is 10.1. The lowest BCUT2D eigenvalue weighted by Crippen LogP contribution is -2.31. The molecule has 1 unspecified atom stereocenters. The van der Waals surface area contributed by atoms with Crippen LogP contribution < -0.4 is 16.8 Å². The van der Waals surface area contributed by atoms with Gasteiger partial charge in [-0.25, -0.2) is 9.97 Å². The van der Waals surface area contributed by atoms with Crippen LogP contribution in [0.2, 0.25) is 0 Å². The summed E-state index contributed by atoms with van der Waals surface area (Å²) in [5, 5.41) is 11.7. The number of fused-ring (bicyclic) bond motifs is 1. The van der Waals surface area contributed by atoms with Gasteiger partial charge in [-0.2, -0.15) is 5.10 Å². The molecule has 0 aliphatic rings. The Hall–Kier alpha value is -3.01. The van der Waals surface area contributed by atoms with Crippen LogP contribution in [-0.4, -0.2) is 43.5 Å². The van der Waals surface area contributed by atoms with E-state index in [-0.39, 0.29) is 12.0 Å². The molecule has 0 fully saturated rings. The average molecular weight is 449 g/mol. The maximum Gasteiger partial charge on any atom is 0.190 e. The van der Waals surface area contributed by atoms with E-state index in [1.165, 1.54) is 11.8 Å². The van der Waals surface area contributed by atoms with Gasteiger partial charge < -0.3 is 16.8 Å². The van der Waals surface area contributed by atoms with Gasteiger partial charge in [-0.15, -0.1) is 0 Å². The van der Waals surface area contributed by atoms with Crippen LogP contribution in [-0.2, 0) is 6.54 Å². The number of anilines is 1. The molecule has 1 aromatic carbocycles. The molecule has 0 amide bonds. The Morgan fingerprint density at radius 3 is 2.56 bits per heavy atom. The number of pyridine rings is 1. The van der Waals surface area contributed by atoms with Crippen molar-refractivity contribution in [1.82, 2.24) is 25.1 Å². The first-order valence-corrected chi connectivity index (χ1v) is 11.6. The molecule has 0 radical (unpaired) electrons. The minimum atomic E-state index is -0.0951. The third kappa shape index (κ3) is 5.07. The molecule has 8 nitrogen and oxygen atoms in total. The molecule has 0 saturated heterocycles. The second-order valence-electron chi connectivity index (χ2n) is 7.92. The molecule has 3 aromatic heterocycles. The van der Waals surface area contributed by atoms with E-state index in [2.05, 4.69) is 58.6 Å². The normalized spacial score (nSPS) is 12.4. The van der Waals surface area contributed by atoms with Gasteiger partial charge >= 0.3 is 0 Å². The fraction of sp³-hybridized carbons (Fsp3) is 0.304. The standard InChI is InChI=1S/C23H28N8S/c1-14(2)19-20-21(31-30-19)22(29-23(28-20)32-13-17(25)11-24)27-12-15-6-8-16(9-7-15)18-5-3-4-10-26-18/h3-10,14,17H,11-13,24-25H2,1-2H3,(H,30,31)(H,27,28,29). The van der Waals surface area contributed by atoms with Crippen molar-refractivity contribution in [2.45, 2.75) is 37.5 Å². The predicted octanol–water partition coefficient (Wildman–Crippen LogP) is 3.53. The van der Waals surface area contributed by atoms with Gasteiger partial charge in [-0.05, 0) is 23.6 Å². The molecule has 4 rings (SSSR count). The van der Waals surface area contributed by atoms with Crippen molar-refractivity contribution >= 4 is 28.6 Å². The fourth-order valence-electron chi connectivity index (χ4n) is 3.25. The number of aromatic amines is 1. The van der Waals surface area contributed by atoms with E-state index < -0.39 is 0 Å². The first-order valence-electron chi connectivity index (χ1n) is 10.6. The van der Waals surface area contributed by atoms with Crippen molar-refractivity contribution in [3.05, 3.63) is 59.9 Å². The summed E-state index contributed by atoms with van der Waals surface area (Å²) >= 11 is 1.51. The lowest BCUT2D eigenvalue weighted by molar-refractivity contribution is 0.761. The summed E-state index contributed by atoms with van der Waals surface area (Å²) in [7, 11) is 0. The van der Waals surface area contributed by atoms with Gasteiger partial charge in [0, 0.05) is 36.6 Å². The number of nitrogens with two attached hydrogens (primary N) is 2. The third-order valence-electron chi connectivity index (χ3n) is 5.09.